The van der Waals surface area contributed by atoms with Crippen molar-refractivity contribution >= 4 is 0 Å². The molecule has 0 amide bonds. The van der Waals surface area contributed by atoms with Gasteiger partial charge < -0.3 is 10.1 Å². The Labute approximate surface area is 112 Å². The molecule has 2 heterocycles. The van der Waals surface area contributed by atoms with Crippen molar-refractivity contribution in [1.29, 1.82) is 0 Å². The monoisotopic (exact) mass is 258 g/mol. The lowest BCUT2D eigenvalue weighted by atomic mass is 10.1. The molecular weight excluding hydrogens is 240 g/mol. The third kappa shape index (κ3) is 2.61. The third-order valence-electron chi connectivity index (χ3n) is 3.47. The second kappa shape index (κ2) is 5.40. The van der Waals surface area contributed by atoms with Gasteiger partial charge in [0, 0.05) is 12.0 Å². The quantitative estimate of drug-likeness (QED) is 0.878. The highest BCUT2D eigenvalue weighted by molar-refractivity contribution is 5.35. The first-order valence-corrected chi connectivity index (χ1v) is 6.63. The lowest BCUT2D eigenvalue weighted by Crippen LogP contribution is -2.14. The summed E-state index contributed by atoms with van der Waals surface area (Å²) in [5.41, 5.74) is 1.12. The molecule has 1 aliphatic rings. The van der Waals surface area contributed by atoms with E-state index in [1.807, 2.05) is 18.2 Å². The van der Waals surface area contributed by atoms with Gasteiger partial charge in [0.2, 0.25) is 0 Å². The van der Waals surface area contributed by atoms with Gasteiger partial charge >= 0.3 is 0 Å². The number of benzene rings is 1. The molecule has 0 spiro atoms. The molecule has 1 saturated heterocycles. The van der Waals surface area contributed by atoms with E-state index in [9.17, 15) is 0 Å². The normalized spacial score (nSPS) is 18.7. The topological polar surface area (TPSA) is 62.8 Å². The standard InChI is InChI=1S/C14H18N4O/c1-19-12-7-3-2-5-10(12)9-13-16-14(18-17-13)11-6-4-8-15-11/h2-3,5,7,11,15H,4,6,8-9H2,1H3,(H,16,17,18). The van der Waals surface area contributed by atoms with Crippen LogP contribution in [-0.2, 0) is 6.42 Å². The van der Waals surface area contributed by atoms with Crippen LogP contribution in [-0.4, -0.2) is 28.8 Å². The first-order valence-electron chi connectivity index (χ1n) is 6.63. The number of ether oxygens (including phenoxy) is 1. The van der Waals surface area contributed by atoms with E-state index < -0.39 is 0 Å². The summed E-state index contributed by atoms with van der Waals surface area (Å²) in [5.74, 6) is 2.65. The fourth-order valence-electron chi connectivity index (χ4n) is 2.48. The van der Waals surface area contributed by atoms with Crippen LogP contribution in [0.5, 0.6) is 5.75 Å². The molecular formula is C14H18N4O. The van der Waals surface area contributed by atoms with Gasteiger partial charge in [-0.3, -0.25) is 5.10 Å². The maximum Gasteiger partial charge on any atom is 0.167 e. The van der Waals surface area contributed by atoms with E-state index in [1.54, 1.807) is 7.11 Å². The van der Waals surface area contributed by atoms with E-state index in [-0.39, 0.29) is 0 Å². The smallest absolute Gasteiger partial charge is 0.167 e. The van der Waals surface area contributed by atoms with Gasteiger partial charge in [0.1, 0.15) is 11.6 Å². The number of aromatic amines is 1. The molecule has 1 aromatic heterocycles. The summed E-state index contributed by atoms with van der Waals surface area (Å²) in [6.07, 6.45) is 3.02. The number of methoxy groups -OCH3 is 1. The minimum Gasteiger partial charge on any atom is -0.496 e. The minimum atomic E-state index is 0.308. The molecule has 5 heteroatoms. The van der Waals surface area contributed by atoms with Crippen molar-refractivity contribution in [3.8, 4) is 5.75 Å². The third-order valence-corrected chi connectivity index (χ3v) is 3.47. The number of aromatic nitrogens is 3. The maximum absolute atomic E-state index is 5.35. The molecule has 5 nitrogen and oxygen atoms in total. The zero-order valence-corrected chi connectivity index (χ0v) is 11.0. The highest BCUT2D eigenvalue weighted by Crippen LogP contribution is 2.22. The largest absolute Gasteiger partial charge is 0.496 e. The molecule has 0 bridgehead atoms. The second-order valence-electron chi connectivity index (χ2n) is 4.78. The molecule has 1 aliphatic heterocycles. The predicted molar refractivity (Wildman–Crippen MR) is 72.2 cm³/mol. The van der Waals surface area contributed by atoms with Crippen LogP contribution in [0.2, 0.25) is 0 Å². The van der Waals surface area contributed by atoms with Crippen LogP contribution in [0.25, 0.3) is 0 Å². The van der Waals surface area contributed by atoms with Gasteiger partial charge in [0.15, 0.2) is 5.82 Å². The summed E-state index contributed by atoms with van der Waals surface area (Å²) in [6.45, 7) is 1.06. The Bertz CT molecular complexity index is 546. The molecule has 3 rings (SSSR count). The predicted octanol–water partition coefficient (Wildman–Crippen LogP) is 1.83. The van der Waals surface area contributed by atoms with Crippen LogP contribution in [0.3, 0.4) is 0 Å². The average molecular weight is 258 g/mol. The first kappa shape index (κ1) is 12.2. The van der Waals surface area contributed by atoms with E-state index in [0.29, 0.717) is 12.5 Å². The highest BCUT2D eigenvalue weighted by Gasteiger charge is 2.20. The number of nitrogens with one attached hydrogen (secondary N) is 2. The Balaban J connectivity index is 1.76. The van der Waals surface area contributed by atoms with Crippen LogP contribution < -0.4 is 10.1 Å². The lowest BCUT2D eigenvalue weighted by molar-refractivity contribution is 0.410. The lowest BCUT2D eigenvalue weighted by Gasteiger charge is -2.06. The van der Waals surface area contributed by atoms with E-state index in [1.165, 1.54) is 6.42 Å². The van der Waals surface area contributed by atoms with Crippen molar-refractivity contribution in [2.45, 2.75) is 25.3 Å². The highest BCUT2D eigenvalue weighted by atomic mass is 16.5. The summed E-state index contributed by atoms with van der Waals surface area (Å²) in [7, 11) is 1.69. The minimum absolute atomic E-state index is 0.308. The molecule has 1 atom stereocenters. The van der Waals surface area contributed by atoms with Gasteiger partial charge in [-0.25, -0.2) is 4.98 Å². The zero-order valence-electron chi connectivity index (χ0n) is 11.0. The summed E-state index contributed by atoms with van der Waals surface area (Å²) < 4.78 is 5.35. The van der Waals surface area contributed by atoms with Crippen LogP contribution in [0.4, 0.5) is 0 Å². The van der Waals surface area contributed by atoms with E-state index in [4.69, 9.17) is 4.74 Å². The molecule has 2 N–H and O–H groups in total. The fourth-order valence-corrected chi connectivity index (χ4v) is 2.48. The van der Waals surface area contributed by atoms with E-state index in [2.05, 4.69) is 26.6 Å². The van der Waals surface area contributed by atoms with Gasteiger partial charge in [-0.15, -0.1) is 0 Å². The number of para-hydroxylation sites is 1. The maximum atomic E-state index is 5.35. The van der Waals surface area contributed by atoms with Gasteiger partial charge in [0.05, 0.1) is 13.2 Å². The van der Waals surface area contributed by atoms with E-state index >= 15 is 0 Å². The Morgan fingerprint density at radius 2 is 2.26 bits per heavy atom. The van der Waals surface area contributed by atoms with Crippen molar-refractivity contribution in [3.63, 3.8) is 0 Å². The Hall–Kier alpha value is -1.88. The summed E-state index contributed by atoms with van der Waals surface area (Å²) in [5, 5.41) is 10.7. The molecule has 2 aromatic rings. The number of H-pyrrole nitrogens is 1. The summed E-state index contributed by atoms with van der Waals surface area (Å²) in [6, 6.07) is 8.30. The van der Waals surface area contributed by atoms with Crippen LogP contribution in [0.1, 0.15) is 36.1 Å². The molecule has 1 fully saturated rings. The van der Waals surface area contributed by atoms with Crippen LogP contribution in [0, 0.1) is 0 Å². The summed E-state index contributed by atoms with van der Waals surface area (Å²) in [4.78, 5) is 4.58. The molecule has 0 aliphatic carbocycles. The molecule has 19 heavy (non-hydrogen) atoms. The number of hydrogen-bond acceptors (Lipinski definition) is 4. The van der Waals surface area contributed by atoms with Gasteiger partial charge in [0.25, 0.3) is 0 Å². The SMILES string of the molecule is COc1ccccc1Cc1nc(C2CCCN2)n[nH]1. The molecule has 1 unspecified atom stereocenters. The molecule has 0 saturated carbocycles. The Morgan fingerprint density at radius 3 is 3.05 bits per heavy atom. The van der Waals surface area contributed by atoms with Gasteiger partial charge in [-0.1, -0.05) is 18.2 Å². The second-order valence-corrected chi connectivity index (χ2v) is 4.78. The molecule has 0 radical (unpaired) electrons. The Kier molecular flexibility index (Phi) is 3.46. The Morgan fingerprint density at radius 1 is 1.37 bits per heavy atom. The fraction of sp³-hybridized carbons (Fsp3) is 0.429. The number of rotatable bonds is 4. The van der Waals surface area contributed by atoms with Crippen LogP contribution in [0.15, 0.2) is 24.3 Å². The molecule has 1 aromatic carbocycles. The van der Waals surface area contributed by atoms with Crippen molar-refractivity contribution < 1.29 is 4.74 Å². The summed E-state index contributed by atoms with van der Waals surface area (Å²) >= 11 is 0. The van der Waals surface area contributed by atoms with Crippen molar-refractivity contribution in [1.82, 2.24) is 20.5 Å². The van der Waals surface area contributed by atoms with Crippen molar-refractivity contribution in [3.05, 3.63) is 41.5 Å². The van der Waals surface area contributed by atoms with Crippen molar-refractivity contribution in [2.75, 3.05) is 13.7 Å². The van der Waals surface area contributed by atoms with E-state index in [0.717, 1.165) is 35.9 Å². The first-order chi connectivity index (χ1) is 9.36. The molecule has 100 valence electrons. The number of nitrogens with zero attached hydrogens (tertiary/aromatic N) is 2. The van der Waals surface area contributed by atoms with Gasteiger partial charge in [-0.05, 0) is 25.5 Å². The number of hydrogen-bond donors (Lipinski definition) is 2. The van der Waals surface area contributed by atoms with Crippen LogP contribution >= 0.6 is 0 Å². The van der Waals surface area contributed by atoms with Crippen molar-refractivity contribution in [2.24, 2.45) is 0 Å². The van der Waals surface area contributed by atoms with Gasteiger partial charge in [-0.2, -0.15) is 5.10 Å². The average Bonchev–Trinajstić information content (AvgIpc) is 3.09. The zero-order chi connectivity index (χ0) is 13.1.